The minimum absolute atomic E-state index is 0.137. The molecule has 0 saturated carbocycles. The predicted molar refractivity (Wildman–Crippen MR) is 83.7 cm³/mol. The largest absolute Gasteiger partial charge is 0.317 e. The summed E-state index contributed by atoms with van der Waals surface area (Å²) in [6.45, 7) is 3.09. The highest BCUT2D eigenvalue weighted by Gasteiger charge is 2.33. The summed E-state index contributed by atoms with van der Waals surface area (Å²) in [7, 11) is -2.38. The number of nitrogens with zero attached hydrogens (tertiary/aromatic N) is 2. The number of hydrogen-bond donors (Lipinski definition) is 1. The van der Waals surface area contributed by atoms with Crippen LogP contribution in [0.5, 0.6) is 0 Å². The fourth-order valence-corrected chi connectivity index (χ4v) is 4.61. The molecule has 0 bridgehead atoms. The van der Waals surface area contributed by atoms with E-state index in [1.165, 1.54) is 23.5 Å². The molecule has 1 saturated heterocycles. The molecule has 22 heavy (non-hydrogen) atoms. The van der Waals surface area contributed by atoms with Crippen LogP contribution >= 0.6 is 11.6 Å². The lowest BCUT2D eigenvalue weighted by molar-refractivity contribution is -0.385. The van der Waals surface area contributed by atoms with Crippen molar-refractivity contribution in [3.63, 3.8) is 0 Å². The standard InChI is InChI=1S/C13H18ClN3O4S/c1-9-7-11(17(18)19)13(14)12(8-9)22(20,21)16(2)10-3-5-15-6-4-10/h7-8,10,15H,3-6H2,1-2H3. The zero-order valence-electron chi connectivity index (χ0n) is 12.4. The van der Waals surface area contributed by atoms with E-state index in [0.29, 0.717) is 18.4 Å². The van der Waals surface area contributed by atoms with Gasteiger partial charge in [0.05, 0.1) is 4.92 Å². The SMILES string of the molecule is Cc1cc([N+](=O)[O-])c(Cl)c(S(=O)(=O)N(C)C2CCNCC2)c1. The van der Waals surface area contributed by atoms with Crippen LogP contribution in [0.3, 0.4) is 0 Å². The molecule has 1 aromatic rings. The van der Waals surface area contributed by atoms with Gasteiger partial charge in [-0.3, -0.25) is 10.1 Å². The first-order valence-electron chi connectivity index (χ1n) is 6.88. The Hall–Kier alpha value is -1.22. The van der Waals surface area contributed by atoms with Crippen LogP contribution in [-0.2, 0) is 10.0 Å². The van der Waals surface area contributed by atoms with Crippen LogP contribution in [0.1, 0.15) is 18.4 Å². The number of nitro groups is 1. The van der Waals surface area contributed by atoms with E-state index < -0.39 is 14.9 Å². The van der Waals surface area contributed by atoms with Crippen molar-refractivity contribution in [2.24, 2.45) is 0 Å². The Kier molecular flexibility index (Phi) is 5.06. The molecule has 1 heterocycles. The molecule has 1 fully saturated rings. The van der Waals surface area contributed by atoms with Gasteiger partial charge in [-0.05, 0) is 44.5 Å². The summed E-state index contributed by atoms with van der Waals surface area (Å²) in [6.07, 6.45) is 1.39. The lowest BCUT2D eigenvalue weighted by atomic mass is 10.1. The molecule has 7 nitrogen and oxygen atoms in total. The Bertz CT molecular complexity index is 687. The van der Waals surface area contributed by atoms with Crippen molar-refractivity contribution in [3.8, 4) is 0 Å². The van der Waals surface area contributed by atoms with Gasteiger partial charge in [0, 0.05) is 19.2 Å². The second kappa shape index (κ2) is 6.49. The minimum Gasteiger partial charge on any atom is -0.317 e. The quantitative estimate of drug-likeness (QED) is 0.663. The summed E-state index contributed by atoms with van der Waals surface area (Å²) >= 11 is 5.98. The molecule has 9 heteroatoms. The zero-order valence-corrected chi connectivity index (χ0v) is 13.9. The second-order valence-corrected chi connectivity index (χ2v) is 7.70. The summed E-state index contributed by atoms with van der Waals surface area (Å²) < 4.78 is 26.8. The lowest BCUT2D eigenvalue weighted by Gasteiger charge is -2.31. The molecule has 0 radical (unpaired) electrons. The van der Waals surface area contributed by atoms with Gasteiger partial charge in [-0.25, -0.2) is 8.42 Å². The maximum absolute atomic E-state index is 12.8. The Morgan fingerprint density at radius 1 is 1.36 bits per heavy atom. The van der Waals surface area contributed by atoms with Crippen molar-refractivity contribution in [1.82, 2.24) is 9.62 Å². The van der Waals surface area contributed by atoms with Gasteiger partial charge in [-0.15, -0.1) is 0 Å². The fourth-order valence-electron chi connectivity index (χ4n) is 2.56. The highest BCUT2D eigenvalue weighted by Crippen LogP contribution is 2.34. The van der Waals surface area contributed by atoms with E-state index in [0.717, 1.165) is 13.1 Å². The summed E-state index contributed by atoms with van der Waals surface area (Å²) in [6, 6.07) is 2.51. The summed E-state index contributed by atoms with van der Waals surface area (Å²) in [5.41, 5.74) is 0.0901. The van der Waals surface area contributed by atoms with Crippen LogP contribution in [0.4, 0.5) is 5.69 Å². The van der Waals surface area contributed by atoms with Crippen molar-refractivity contribution in [3.05, 3.63) is 32.8 Å². The molecular weight excluding hydrogens is 330 g/mol. The molecule has 1 aliphatic rings. The van der Waals surface area contributed by atoms with Gasteiger partial charge in [0.25, 0.3) is 5.69 Å². The first-order chi connectivity index (χ1) is 10.2. The third-order valence-corrected chi connectivity index (χ3v) is 6.28. The molecule has 1 aliphatic heterocycles. The first-order valence-corrected chi connectivity index (χ1v) is 8.70. The molecule has 0 amide bonds. The molecule has 1 aromatic carbocycles. The first kappa shape index (κ1) is 17.1. The molecule has 0 unspecified atom stereocenters. The minimum atomic E-state index is -3.88. The number of piperidine rings is 1. The van der Waals surface area contributed by atoms with Crippen molar-refractivity contribution >= 4 is 27.3 Å². The summed E-state index contributed by atoms with van der Waals surface area (Å²) in [4.78, 5) is 10.2. The van der Waals surface area contributed by atoms with Crippen molar-refractivity contribution in [1.29, 1.82) is 0 Å². The Balaban J connectivity index is 2.47. The topological polar surface area (TPSA) is 92.5 Å². The molecule has 1 N–H and O–H groups in total. The van der Waals surface area contributed by atoms with Crippen molar-refractivity contribution < 1.29 is 13.3 Å². The average molecular weight is 348 g/mol. The maximum atomic E-state index is 12.8. The maximum Gasteiger partial charge on any atom is 0.289 e. The number of hydrogen-bond acceptors (Lipinski definition) is 5. The smallest absolute Gasteiger partial charge is 0.289 e. The number of sulfonamides is 1. The van der Waals surface area contributed by atoms with Gasteiger partial charge in [-0.2, -0.15) is 4.31 Å². The number of aryl methyl sites for hydroxylation is 1. The fraction of sp³-hybridized carbons (Fsp3) is 0.538. The lowest BCUT2D eigenvalue weighted by Crippen LogP contribution is -2.43. The van der Waals surface area contributed by atoms with Gasteiger partial charge < -0.3 is 5.32 Å². The van der Waals surface area contributed by atoms with Crippen LogP contribution in [0, 0.1) is 17.0 Å². The predicted octanol–water partition coefficient (Wildman–Crippen LogP) is 1.93. The van der Waals surface area contributed by atoms with E-state index >= 15 is 0 Å². The van der Waals surface area contributed by atoms with Crippen molar-refractivity contribution in [2.75, 3.05) is 20.1 Å². The van der Waals surface area contributed by atoms with E-state index in [9.17, 15) is 18.5 Å². The molecular formula is C13H18ClN3O4S. The van der Waals surface area contributed by atoms with Gasteiger partial charge in [0.2, 0.25) is 10.0 Å². The Morgan fingerprint density at radius 3 is 2.50 bits per heavy atom. The van der Waals surface area contributed by atoms with Crippen LogP contribution in [0.2, 0.25) is 5.02 Å². The van der Waals surface area contributed by atoms with E-state index in [1.54, 1.807) is 6.92 Å². The van der Waals surface area contributed by atoms with E-state index in [2.05, 4.69) is 5.32 Å². The molecule has 122 valence electrons. The molecule has 2 rings (SSSR count). The normalized spacial score (nSPS) is 16.9. The number of nitro benzene ring substituents is 1. The third kappa shape index (κ3) is 3.24. The van der Waals surface area contributed by atoms with Crippen LogP contribution < -0.4 is 5.32 Å². The Labute approximate surface area is 134 Å². The van der Waals surface area contributed by atoms with Crippen LogP contribution in [0.15, 0.2) is 17.0 Å². The highest BCUT2D eigenvalue weighted by atomic mass is 35.5. The second-order valence-electron chi connectivity index (χ2n) is 5.36. The van der Waals surface area contributed by atoms with Gasteiger partial charge in [0.1, 0.15) is 9.92 Å². The van der Waals surface area contributed by atoms with Crippen molar-refractivity contribution in [2.45, 2.75) is 30.7 Å². The van der Waals surface area contributed by atoms with E-state index in [-0.39, 0.29) is 21.6 Å². The van der Waals surface area contributed by atoms with E-state index in [4.69, 9.17) is 11.6 Å². The van der Waals surface area contributed by atoms with Gasteiger partial charge in [0.15, 0.2) is 0 Å². The Morgan fingerprint density at radius 2 is 1.95 bits per heavy atom. The summed E-state index contributed by atoms with van der Waals surface area (Å²) in [5.74, 6) is 0. The summed E-state index contributed by atoms with van der Waals surface area (Å²) in [5, 5.41) is 13.9. The molecule has 0 aliphatic carbocycles. The van der Waals surface area contributed by atoms with Crippen LogP contribution in [-0.4, -0.2) is 43.8 Å². The number of nitrogens with one attached hydrogen (secondary N) is 1. The van der Waals surface area contributed by atoms with Crippen LogP contribution in [0.25, 0.3) is 0 Å². The molecule has 0 spiro atoms. The average Bonchev–Trinajstić information content (AvgIpc) is 2.48. The van der Waals surface area contributed by atoms with E-state index in [1.807, 2.05) is 0 Å². The highest BCUT2D eigenvalue weighted by molar-refractivity contribution is 7.89. The molecule has 0 aromatic heterocycles. The monoisotopic (exact) mass is 347 g/mol. The van der Waals surface area contributed by atoms with Gasteiger partial charge in [-0.1, -0.05) is 11.6 Å². The number of rotatable bonds is 4. The third-order valence-electron chi connectivity index (χ3n) is 3.84. The van der Waals surface area contributed by atoms with Gasteiger partial charge >= 0.3 is 0 Å². The number of benzene rings is 1. The molecule has 0 atom stereocenters. The zero-order chi connectivity index (χ0) is 16.5. The number of halogens is 1.